The molecule has 0 radical (unpaired) electrons. The number of nitrogen functional groups attached to an aromatic ring is 1. The maximum Gasteiger partial charge on any atom is 0.244 e. The summed E-state index contributed by atoms with van der Waals surface area (Å²) in [5.41, 5.74) is 6.16. The van der Waals surface area contributed by atoms with Gasteiger partial charge in [-0.1, -0.05) is 32.6 Å². The molecule has 21 heavy (non-hydrogen) atoms. The molecule has 1 rings (SSSR count). The van der Waals surface area contributed by atoms with Crippen LogP contribution < -0.4 is 5.73 Å². The van der Waals surface area contributed by atoms with Gasteiger partial charge in [0.05, 0.1) is 11.9 Å². The van der Waals surface area contributed by atoms with Gasteiger partial charge in [0, 0.05) is 25.9 Å². The van der Waals surface area contributed by atoms with Crippen LogP contribution in [-0.2, 0) is 11.3 Å². The van der Waals surface area contributed by atoms with Crippen molar-refractivity contribution in [3.8, 4) is 0 Å². The van der Waals surface area contributed by atoms with Gasteiger partial charge in [-0.25, -0.2) is 0 Å². The van der Waals surface area contributed by atoms with E-state index in [-0.39, 0.29) is 19.1 Å². The molecule has 1 heterocycles. The number of amides is 1. The smallest absolute Gasteiger partial charge is 0.244 e. The normalized spacial score (nSPS) is 10.8. The van der Waals surface area contributed by atoms with Crippen molar-refractivity contribution in [2.24, 2.45) is 0 Å². The highest BCUT2D eigenvalue weighted by atomic mass is 16.3. The minimum absolute atomic E-state index is 0.0297. The number of carbonyl (C=O) groups is 1. The Balaban J connectivity index is 2.41. The molecule has 1 amide bonds. The Kier molecular flexibility index (Phi) is 8.50. The number of aromatic nitrogens is 2. The highest BCUT2D eigenvalue weighted by Gasteiger charge is 2.13. The topological polar surface area (TPSA) is 84.4 Å². The Morgan fingerprint density at radius 2 is 2.00 bits per heavy atom. The fraction of sp³-hybridized carbons (Fsp3) is 0.733. The molecule has 6 heteroatoms. The molecule has 0 bridgehead atoms. The first kappa shape index (κ1) is 17.5. The lowest BCUT2D eigenvalue weighted by Gasteiger charge is -2.22. The first-order valence-electron chi connectivity index (χ1n) is 7.84. The van der Waals surface area contributed by atoms with Gasteiger partial charge in [0.2, 0.25) is 5.91 Å². The van der Waals surface area contributed by atoms with E-state index in [1.165, 1.54) is 25.5 Å². The van der Waals surface area contributed by atoms with E-state index in [0.717, 1.165) is 19.4 Å². The Labute approximate surface area is 126 Å². The van der Waals surface area contributed by atoms with Gasteiger partial charge in [-0.2, -0.15) is 5.10 Å². The number of unbranched alkanes of at least 4 members (excludes halogenated alkanes) is 4. The highest BCUT2D eigenvalue weighted by Crippen LogP contribution is 2.06. The zero-order chi connectivity index (χ0) is 15.5. The largest absolute Gasteiger partial charge is 0.396 e. The summed E-state index contributed by atoms with van der Waals surface area (Å²) in [5.74, 6) is 0.0297. The van der Waals surface area contributed by atoms with E-state index in [1.54, 1.807) is 10.9 Å². The average molecular weight is 296 g/mol. The van der Waals surface area contributed by atoms with Gasteiger partial charge in [0.15, 0.2) is 0 Å². The molecule has 3 N–H and O–H groups in total. The third kappa shape index (κ3) is 7.13. The van der Waals surface area contributed by atoms with E-state index >= 15 is 0 Å². The number of carbonyl (C=O) groups excluding carboxylic acids is 1. The van der Waals surface area contributed by atoms with Crippen molar-refractivity contribution < 1.29 is 9.90 Å². The van der Waals surface area contributed by atoms with Crippen molar-refractivity contribution in [2.45, 2.75) is 52.0 Å². The molecule has 0 saturated carbocycles. The molecule has 0 spiro atoms. The van der Waals surface area contributed by atoms with Crippen LogP contribution in [-0.4, -0.2) is 45.4 Å². The summed E-state index contributed by atoms with van der Waals surface area (Å²) in [7, 11) is 0. The molecular formula is C15H28N4O2. The van der Waals surface area contributed by atoms with Crippen LogP contribution in [0, 0.1) is 0 Å². The molecule has 0 aliphatic heterocycles. The van der Waals surface area contributed by atoms with E-state index in [9.17, 15) is 4.79 Å². The summed E-state index contributed by atoms with van der Waals surface area (Å²) in [6.45, 7) is 3.85. The molecular weight excluding hydrogens is 268 g/mol. The van der Waals surface area contributed by atoms with Crippen LogP contribution in [0.4, 0.5) is 5.69 Å². The predicted molar refractivity (Wildman–Crippen MR) is 83.7 cm³/mol. The molecule has 0 aromatic carbocycles. The van der Waals surface area contributed by atoms with Gasteiger partial charge in [-0.3, -0.25) is 9.48 Å². The standard InChI is InChI=1S/C15H28N4O2/c1-2-3-4-5-6-8-18(9-7-10-20)15(21)13-19-12-14(16)11-17-19/h11-12,20H,2-10,13,16H2,1H3. The first-order valence-corrected chi connectivity index (χ1v) is 7.84. The fourth-order valence-corrected chi connectivity index (χ4v) is 2.23. The Hall–Kier alpha value is -1.56. The van der Waals surface area contributed by atoms with Crippen LogP contribution in [0.5, 0.6) is 0 Å². The number of nitrogens with two attached hydrogens (primary N) is 1. The van der Waals surface area contributed by atoms with Crippen LogP contribution in [0.1, 0.15) is 45.4 Å². The Bertz CT molecular complexity index is 406. The number of hydrogen-bond donors (Lipinski definition) is 2. The van der Waals surface area contributed by atoms with E-state index < -0.39 is 0 Å². The van der Waals surface area contributed by atoms with Crippen molar-refractivity contribution >= 4 is 11.6 Å². The number of nitrogens with zero attached hydrogens (tertiary/aromatic N) is 3. The van der Waals surface area contributed by atoms with Crippen molar-refractivity contribution in [1.82, 2.24) is 14.7 Å². The maximum atomic E-state index is 12.3. The summed E-state index contributed by atoms with van der Waals surface area (Å²) in [4.78, 5) is 14.1. The number of rotatable bonds is 11. The summed E-state index contributed by atoms with van der Waals surface area (Å²) < 4.78 is 1.56. The summed E-state index contributed by atoms with van der Waals surface area (Å²) >= 11 is 0. The van der Waals surface area contributed by atoms with Gasteiger partial charge in [-0.15, -0.1) is 0 Å². The average Bonchev–Trinajstić information content (AvgIpc) is 2.87. The molecule has 0 aliphatic rings. The second-order valence-corrected chi connectivity index (χ2v) is 5.34. The predicted octanol–water partition coefficient (Wildman–Crippen LogP) is 1.65. The fourth-order valence-electron chi connectivity index (χ4n) is 2.23. The van der Waals surface area contributed by atoms with Crippen LogP contribution >= 0.6 is 0 Å². The molecule has 1 aromatic rings. The zero-order valence-electron chi connectivity index (χ0n) is 13.0. The van der Waals surface area contributed by atoms with E-state index in [4.69, 9.17) is 10.8 Å². The van der Waals surface area contributed by atoms with Crippen molar-refractivity contribution in [1.29, 1.82) is 0 Å². The Morgan fingerprint density at radius 1 is 1.29 bits per heavy atom. The van der Waals surface area contributed by atoms with Crippen molar-refractivity contribution in [3.05, 3.63) is 12.4 Å². The lowest BCUT2D eigenvalue weighted by atomic mass is 10.1. The first-order chi connectivity index (χ1) is 10.2. The number of aliphatic hydroxyl groups is 1. The lowest BCUT2D eigenvalue weighted by Crippen LogP contribution is -2.36. The minimum atomic E-state index is 0.0297. The monoisotopic (exact) mass is 296 g/mol. The van der Waals surface area contributed by atoms with Crippen LogP contribution in [0.2, 0.25) is 0 Å². The maximum absolute atomic E-state index is 12.3. The van der Waals surface area contributed by atoms with Crippen LogP contribution in [0.25, 0.3) is 0 Å². The molecule has 0 atom stereocenters. The van der Waals surface area contributed by atoms with Gasteiger partial charge in [0.1, 0.15) is 6.54 Å². The SMILES string of the molecule is CCCCCCCN(CCCO)C(=O)Cn1cc(N)cn1. The zero-order valence-corrected chi connectivity index (χ0v) is 13.0. The molecule has 0 unspecified atom stereocenters. The minimum Gasteiger partial charge on any atom is -0.396 e. The summed E-state index contributed by atoms with van der Waals surface area (Å²) in [5, 5.41) is 13.0. The van der Waals surface area contributed by atoms with Crippen molar-refractivity contribution in [3.63, 3.8) is 0 Å². The van der Waals surface area contributed by atoms with E-state index in [1.807, 2.05) is 4.90 Å². The van der Waals surface area contributed by atoms with Gasteiger partial charge < -0.3 is 15.7 Å². The molecule has 0 saturated heterocycles. The van der Waals surface area contributed by atoms with Crippen molar-refractivity contribution in [2.75, 3.05) is 25.4 Å². The molecule has 6 nitrogen and oxygen atoms in total. The Morgan fingerprint density at radius 3 is 2.62 bits per heavy atom. The molecule has 1 aromatic heterocycles. The van der Waals surface area contributed by atoms with Gasteiger partial charge in [-0.05, 0) is 12.8 Å². The molecule has 120 valence electrons. The number of aliphatic hydroxyl groups excluding tert-OH is 1. The van der Waals surface area contributed by atoms with Gasteiger partial charge >= 0.3 is 0 Å². The number of anilines is 1. The third-order valence-corrected chi connectivity index (χ3v) is 3.42. The van der Waals surface area contributed by atoms with Crippen LogP contribution in [0.3, 0.4) is 0 Å². The van der Waals surface area contributed by atoms with E-state index in [0.29, 0.717) is 18.7 Å². The number of hydrogen-bond acceptors (Lipinski definition) is 4. The second-order valence-electron chi connectivity index (χ2n) is 5.34. The summed E-state index contributed by atoms with van der Waals surface area (Å²) in [6, 6.07) is 0. The third-order valence-electron chi connectivity index (χ3n) is 3.42. The molecule has 0 fully saturated rings. The lowest BCUT2D eigenvalue weighted by molar-refractivity contribution is -0.132. The molecule has 0 aliphatic carbocycles. The van der Waals surface area contributed by atoms with Gasteiger partial charge in [0.25, 0.3) is 0 Å². The van der Waals surface area contributed by atoms with Crippen LogP contribution in [0.15, 0.2) is 12.4 Å². The quantitative estimate of drug-likeness (QED) is 0.608. The van der Waals surface area contributed by atoms with E-state index in [2.05, 4.69) is 12.0 Å². The highest BCUT2D eigenvalue weighted by molar-refractivity contribution is 5.75. The second kappa shape index (κ2) is 10.2. The summed E-state index contributed by atoms with van der Waals surface area (Å²) in [6.07, 6.45) is 9.64.